The van der Waals surface area contributed by atoms with Crippen LogP contribution in [0.4, 0.5) is 0 Å². The van der Waals surface area contributed by atoms with Crippen LogP contribution in [0.5, 0.6) is 0 Å². The first-order valence-corrected chi connectivity index (χ1v) is 8.56. The van der Waals surface area contributed by atoms with Crippen molar-refractivity contribution in [1.29, 1.82) is 0 Å². The summed E-state index contributed by atoms with van der Waals surface area (Å²) >= 11 is 7.22. The second-order valence-electron chi connectivity index (χ2n) is 4.75. The van der Waals surface area contributed by atoms with Crippen LogP contribution in [0.3, 0.4) is 0 Å². The van der Waals surface area contributed by atoms with Crippen LogP contribution in [0.2, 0.25) is 0 Å². The molecule has 1 aliphatic rings. The van der Waals surface area contributed by atoms with Crippen molar-refractivity contribution in [2.45, 2.75) is 38.8 Å². The monoisotopic (exact) mass is 342 g/mol. The zero-order valence-corrected chi connectivity index (χ0v) is 13.6. The maximum atomic E-state index is 4.65. The summed E-state index contributed by atoms with van der Waals surface area (Å²) < 4.78 is 1.21. The summed E-state index contributed by atoms with van der Waals surface area (Å²) in [6, 6.07) is 3.18. The van der Waals surface area contributed by atoms with Crippen LogP contribution >= 0.6 is 38.6 Å². The molecule has 0 aromatic carbocycles. The number of hydrogen-bond acceptors (Lipinski definition) is 4. The van der Waals surface area contributed by atoms with E-state index in [2.05, 4.69) is 51.5 Å². The van der Waals surface area contributed by atoms with Gasteiger partial charge in [0, 0.05) is 31.3 Å². The molecule has 2 aromatic heterocycles. The van der Waals surface area contributed by atoms with Crippen molar-refractivity contribution in [2.24, 2.45) is 0 Å². The molecule has 1 atom stereocenters. The lowest BCUT2D eigenvalue weighted by atomic mass is 10.2. The number of thiophene rings is 1. The average molecular weight is 343 g/mol. The van der Waals surface area contributed by atoms with E-state index in [1.54, 1.807) is 11.3 Å². The summed E-state index contributed by atoms with van der Waals surface area (Å²) in [5.41, 5.74) is 1.12. The van der Waals surface area contributed by atoms with Crippen molar-refractivity contribution in [2.75, 3.05) is 0 Å². The summed E-state index contributed by atoms with van der Waals surface area (Å²) in [4.78, 5) is 7.35. The largest absolute Gasteiger partial charge is 0.301 e. The topological polar surface area (TPSA) is 24.9 Å². The summed E-state index contributed by atoms with van der Waals surface area (Å²) in [5, 5.41) is 7.03. The van der Waals surface area contributed by atoms with E-state index in [9.17, 15) is 0 Å². The van der Waals surface area contributed by atoms with Crippen LogP contribution in [-0.4, -0.2) is 11.0 Å². The van der Waals surface area contributed by atoms with Gasteiger partial charge >= 0.3 is 0 Å². The molecule has 18 heavy (non-hydrogen) atoms. The van der Waals surface area contributed by atoms with Gasteiger partial charge in [0.1, 0.15) is 5.01 Å². The van der Waals surface area contributed by atoms with E-state index in [0.717, 1.165) is 5.69 Å². The lowest BCUT2D eigenvalue weighted by Gasteiger charge is -2.14. The molecular formula is C13H15BrN2S2. The van der Waals surface area contributed by atoms with Crippen molar-refractivity contribution < 1.29 is 0 Å². The van der Waals surface area contributed by atoms with E-state index in [1.165, 1.54) is 32.1 Å². The maximum absolute atomic E-state index is 4.65. The lowest BCUT2D eigenvalue weighted by molar-refractivity contribution is 0.605. The summed E-state index contributed by atoms with van der Waals surface area (Å²) in [7, 11) is 0. The second-order valence-corrected chi connectivity index (χ2v) is 7.79. The second kappa shape index (κ2) is 5.04. The van der Waals surface area contributed by atoms with Gasteiger partial charge in [-0.25, -0.2) is 4.98 Å². The minimum Gasteiger partial charge on any atom is -0.301 e. The van der Waals surface area contributed by atoms with Crippen LogP contribution in [0.25, 0.3) is 0 Å². The fourth-order valence-corrected chi connectivity index (χ4v) is 4.46. The molecule has 0 radical (unpaired) electrons. The Morgan fingerprint density at radius 2 is 2.22 bits per heavy atom. The fourth-order valence-electron chi connectivity index (χ4n) is 1.89. The highest BCUT2D eigenvalue weighted by Crippen LogP contribution is 2.36. The van der Waals surface area contributed by atoms with Crippen LogP contribution in [0.1, 0.15) is 39.3 Å². The molecule has 1 unspecified atom stereocenters. The molecule has 0 spiro atoms. The molecule has 1 aliphatic carbocycles. The van der Waals surface area contributed by atoms with Gasteiger partial charge in [-0.1, -0.05) is 0 Å². The van der Waals surface area contributed by atoms with E-state index in [4.69, 9.17) is 0 Å². The number of thiazole rings is 1. The number of aromatic nitrogens is 1. The number of halogens is 1. The molecule has 96 valence electrons. The predicted octanol–water partition coefficient (Wildman–Crippen LogP) is 4.43. The Balaban J connectivity index is 1.93. The van der Waals surface area contributed by atoms with Gasteiger partial charge in [-0.3, -0.25) is 0 Å². The first kappa shape index (κ1) is 12.8. The highest BCUT2D eigenvalue weighted by molar-refractivity contribution is 9.10. The average Bonchev–Trinajstić information content (AvgIpc) is 2.96. The summed E-state index contributed by atoms with van der Waals surface area (Å²) in [5.74, 6) is 0. The molecule has 0 bridgehead atoms. The van der Waals surface area contributed by atoms with Crippen molar-refractivity contribution in [3.8, 4) is 0 Å². The van der Waals surface area contributed by atoms with Gasteiger partial charge in [0.25, 0.3) is 0 Å². The van der Waals surface area contributed by atoms with E-state index in [0.29, 0.717) is 6.04 Å². The zero-order chi connectivity index (χ0) is 12.7. The first-order chi connectivity index (χ1) is 8.63. The molecular weight excluding hydrogens is 328 g/mol. The summed E-state index contributed by atoms with van der Waals surface area (Å²) in [6.45, 7) is 4.21. The predicted molar refractivity (Wildman–Crippen MR) is 81.6 cm³/mol. The molecule has 2 aromatic rings. The van der Waals surface area contributed by atoms with Crippen LogP contribution in [-0.2, 0) is 0 Å². The van der Waals surface area contributed by atoms with Gasteiger partial charge in [0.15, 0.2) is 0 Å². The number of rotatable bonds is 4. The Labute approximate surface area is 124 Å². The zero-order valence-electron chi connectivity index (χ0n) is 10.4. The smallest absolute Gasteiger partial charge is 0.115 e. The summed E-state index contributed by atoms with van der Waals surface area (Å²) in [6.07, 6.45) is 2.60. The SMILES string of the molecule is Cc1csc(C(NC2CC2)c2cc(Br)c(C)s2)n1. The quantitative estimate of drug-likeness (QED) is 0.889. The number of hydrogen-bond donors (Lipinski definition) is 1. The normalized spacial score (nSPS) is 17.1. The van der Waals surface area contributed by atoms with Crippen molar-refractivity contribution >= 4 is 38.6 Å². The van der Waals surface area contributed by atoms with E-state index >= 15 is 0 Å². The Morgan fingerprint density at radius 3 is 2.72 bits per heavy atom. The van der Waals surface area contributed by atoms with E-state index in [-0.39, 0.29) is 6.04 Å². The third-order valence-corrected chi connectivity index (χ3v) is 6.25. The maximum Gasteiger partial charge on any atom is 0.115 e. The lowest BCUT2D eigenvalue weighted by Crippen LogP contribution is -2.23. The van der Waals surface area contributed by atoms with Gasteiger partial charge in [-0.15, -0.1) is 22.7 Å². The standard InChI is InChI=1S/C13H15BrN2S2/c1-7-6-17-13(15-7)12(16-9-3-4-9)11-5-10(14)8(2)18-11/h5-6,9,12,16H,3-4H2,1-2H3. The molecule has 2 heterocycles. The van der Waals surface area contributed by atoms with E-state index < -0.39 is 0 Å². The van der Waals surface area contributed by atoms with Gasteiger partial charge in [-0.2, -0.15) is 0 Å². The molecule has 0 saturated heterocycles. The van der Waals surface area contributed by atoms with Crippen LogP contribution in [0.15, 0.2) is 15.9 Å². The minimum absolute atomic E-state index is 0.270. The molecule has 1 N–H and O–H groups in total. The van der Waals surface area contributed by atoms with Crippen LogP contribution in [0, 0.1) is 13.8 Å². The number of aryl methyl sites for hydroxylation is 2. The number of nitrogens with one attached hydrogen (secondary N) is 1. The molecule has 1 saturated carbocycles. The molecule has 0 amide bonds. The molecule has 2 nitrogen and oxygen atoms in total. The van der Waals surface area contributed by atoms with Gasteiger partial charge in [0.05, 0.1) is 6.04 Å². The van der Waals surface area contributed by atoms with E-state index in [1.807, 2.05) is 11.3 Å². The minimum atomic E-state index is 0.270. The Hall–Kier alpha value is -0.230. The van der Waals surface area contributed by atoms with Crippen molar-refractivity contribution in [1.82, 2.24) is 10.3 Å². The third-order valence-electron chi connectivity index (χ3n) is 3.02. The first-order valence-electron chi connectivity index (χ1n) is 6.07. The highest BCUT2D eigenvalue weighted by Gasteiger charge is 2.28. The van der Waals surface area contributed by atoms with Gasteiger partial charge in [-0.05, 0) is 48.7 Å². The Morgan fingerprint density at radius 1 is 1.44 bits per heavy atom. The molecule has 0 aliphatic heterocycles. The van der Waals surface area contributed by atoms with Crippen molar-refractivity contribution in [3.63, 3.8) is 0 Å². The fraction of sp³-hybridized carbons (Fsp3) is 0.462. The molecule has 1 fully saturated rings. The highest BCUT2D eigenvalue weighted by atomic mass is 79.9. The Bertz CT molecular complexity index is 538. The Kier molecular flexibility index (Phi) is 3.58. The molecule has 5 heteroatoms. The van der Waals surface area contributed by atoms with Gasteiger partial charge < -0.3 is 5.32 Å². The van der Waals surface area contributed by atoms with Crippen LogP contribution < -0.4 is 5.32 Å². The molecule has 3 rings (SSSR count). The number of nitrogens with zero attached hydrogens (tertiary/aromatic N) is 1. The third kappa shape index (κ3) is 2.69. The van der Waals surface area contributed by atoms with Gasteiger partial charge in [0.2, 0.25) is 0 Å². The van der Waals surface area contributed by atoms with Crippen molar-refractivity contribution in [3.05, 3.63) is 36.4 Å².